The smallest absolute Gasteiger partial charge is 0.511 e. The van der Waals surface area contributed by atoms with E-state index >= 15 is 0 Å². The molecule has 7 heteroatoms. The Bertz CT molecular complexity index is 327. The summed E-state index contributed by atoms with van der Waals surface area (Å²) in [6.45, 7) is 3.76. The fourth-order valence-electron chi connectivity index (χ4n) is 1.64. The van der Waals surface area contributed by atoms with Crippen LogP contribution in [0, 0.1) is 0 Å². The fourth-order valence-corrected chi connectivity index (χ4v) is 1.64. The molecule has 0 amide bonds. The summed E-state index contributed by atoms with van der Waals surface area (Å²) >= 11 is 0. The summed E-state index contributed by atoms with van der Waals surface area (Å²) in [5.74, 6) is 1.22. The highest BCUT2D eigenvalue weighted by Crippen LogP contribution is 2.16. The van der Waals surface area contributed by atoms with Gasteiger partial charge in [0.15, 0.2) is 0 Å². The van der Waals surface area contributed by atoms with Gasteiger partial charge in [-0.1, -0.05) is 0 Å². The van der Waals surface area contributed by atoms with Crippen molar-refractivity contribution in [2.75, 3.05) is 31.1 Å². The van der Waals surface area contributed by atoms with E-state index in [4.69, 9.17) is 10.0 Å². The maximum Gasteiger partial charge on any atom is 0.707 e. The number of hydrogen-bond acceptors (Lipinski definition) is 6. The van der Waals surface area contributed by atoms with Crippen LogP contribution in [-0.2, 0) is 0 Å². The van der Waals surface area contributed by atoms with Crippen LogP contribution in [0.2, 0.25) is 0 Å². The Hall–Kier alpha value is -1.31. The second-order valence-corrected chi connectivity index (χ2v) is 3.53. The van der Waals surface area contributed by atoms with Crippen LogP contribution >= 0.6 is 0 Å². The van der Waals surface area contributed by atoms with E-state index < -0.39 is 7.32 Å². The second kappa shape index (κ2) is 5.15. The van der Waals surface area contributed by atoms with Crippen molar-refractivity contribution in [2.24, 2.45) is 0 Å². The average Bonchev–Trinajstić information content (AvgIpc) is 2.30. The SMILES string of the molecule is OB(O)Oc1ccc(N2CCNCC2)nc1. The molecule has 0 spiro atoms. The summed E-state index contributed by atoms with van der Waals surface area (Å²) in [5, 5.41) is 20.5. The van der Waals surface area contributed by atoms with Crippen molar-refractivity contribution in [1.29, 1.82) is 0 Å². The van der Waals surface area contributed by atoms with E-state index in [1.165, 1.54) is 6.20 Å². The Balaban J connectivity index is 2.00. The summed E-state index contributed by atoms with van der Waals surface area (Å²) in [6.07, 6.45) is 1.48. The summed E-state index contributed by atoms with van der Waals surface area (Å²) < 4.78 is 4.67. The van der Waals surface area contributed by atoms with E-state index in [1.54, 1.807) is 6.07 Å². The van der Waals surface area contributed by atoms with Gasteiger partial charge in [0.05, 0.1) is 6.20 Å². The zero-order valence-corrected chi connectivity index (χ0v) is 8.83. The molecule has 0 radical (unpaired) electrons. The lowest BCUT2D eigenvalue weighted by molar-refractivity contribution is 0.287. The predicted molar refractivity (Wildman–Crippen MR) is 60.1 cm³/mol. The number of nitrogens with zero attached hydrogens (tertiary/aromatic N) is 2. The Labute approximate surface area is 94.0 Å². The largest absolute Gasteiger partial charge is 0.707 e. The Kier molecular flexibility index (Phi) is 3.60. The standard InChI is InChI=1S/C9H14BN3O3/c14-10(15)16-8-1-2-9(12-7-8)13-5-3-11-4-6-13/h1-2,7,11,14-15H,3-6H2. The van der Waals surface area contributed by atoms with Crippen LogP contribution < -0.4 is 14.9 Å². The molecule has 0 unspecified atom stereocenters. The minimum Gasteiger partial charge on any atom is -0.511 e. The normalized spacial score (nSPS) is 16.0. The highest BCUT2D eigenvalue weighted by Gasteiger charge is 2.13. The average molecular weight is 223 g/mol. The Morgan fingerprint density at radius 3 is 2.62 bits per heavy atom. The lowest BCUT2D eigenvalue weighted by atomic mass is 10.2. The van der Waals surface area contributed by atoms with Gasteiger partial charge in [-0.15, -0.1) is 0 Å². The summed E-state index contributed by atoms with van der Waals surface area (Å²) in [4.78, 5) is 6.37. The first-order chi connectivity index (χ1) is 7.75. The zero-order valence-electron chi connectivity index (χ0n) is 8.83. The van der Waals surface area contributed by atoms with Gasteiger partial charge in [-0.3, -0.25) is 0 Å². The monoisotopic (exact) mass is 223 g/mol. The highest BCUT2D eigenvalue weighted by atomic mass is 16.6. The number of hydrogen-bond donors (Lipinski definition) is 3. The maximum atomic E-state index is 8.61. The fraction of sp³-hybridized carbons (Fsp3) is 0.444. The van der Waals surface area contributed by atoms with E-state index in [0.717, 1.165) is 32.0 Å². The van der Waals surface area contributed by atoms with Crippen molar-refractivity contribution < 1.29 is 14.7 Å². The third kappa shape index (κ3) is 2.85. The van der Waals surface area contributed by atoms with Crippen LogP contribution in [0.3, 0.4) is 0 Å². The molecule has 2 heterocycles. The van der Waals surface area contributed by atoms with Crippen molar-refractivity contribution in [3.63, 3.8) is 0 Å². The van der Waals surface area contributed by atoms with Crippen molar-refractivity contribution in [1.82, 2.24) is 10.3 Å². The van der Waals surface area contributed by atoms with Crippen molar-refractivity contribution in [2.45, 2.75) is 0 Å². The van der Waals surface area contributed by atoms with Crippen molar-refractivity contribution in [3.05, 3.63) is 18.3 Å². The quantitative estimate of drug-likeness (QED) is 0.561. The number of pyridine rings is 1. The van der Waals surface area contributed by atoms with Gasteiger partial charge in [0.25, 0.3) is 0 Å². The number of anilines is 1. The molecule has 0 saturated carbocycles. The van der Waals surface area contributed by atoms with Crippen LogP contribution in [0.5, 0.6) is 5.75 Å². The first-order valence-corrected chi connectivity index (χ1v) is 5.20. The zero-order chi connectivity index (χ0) is 11.4. The minimum atomic E-state index is -1.80. The molecular weight excluding hydrogens is 209 g/mol. The third-order valence-corrected chi connectivity index (χ3v) is 2.40. The molecule has 1 aliphatic rings. The molecule has 0 bridgehead atoms. The number of aromatic nitrogens is 1. The van der Waals surface area contributed by atoms with E-state index in [9.17, 15) is 0 Å². The van der Waals surface area contributed by atoms with Gasteiger partial charge in [-0.25, -0.2) is 4.98 Å². The lowest BCUT2D eigenvalue weighted by Crippen LogP contribution is -2.43. The van der Waals surface area contributed by atoms with Gasteiger partial charge in [0, 0.05) is 26.2 Å². The molecule has 0 aromatic carbocycles. The van der Waals surface area contributed by atoms with Gasteiger partial charge >= 0.3 is 7.32 Å². The molecule has 1 fully saturated rings. The van der Waals surface area contributed by atoms with Crippen LogP contribution in [0.1, 0.15) is 0 Å². The molecule has 2 rings (SSSR count). The van der Waals surface area contributed by atoms with Gasteiger partial charge in [0.1, 0.15) is 11.6 Å². The van der Waals surface area contributed by atoms with Gasteiger partial charge in [-0.05, 0) is 12.1 Å². The number of rotatable bonds is 3. The summed E-state index contributed by atoms with van der Waals surface area (Å²) in [6, 6.07) is 3.48. The van der Waals surface area contributed by atoms with Crippen molar-refractivity contribution in [3.8, 4) is 5.75 Å². The molecule has 1 aromatic heterocycles. The highest BCUT2D eigenvalue weighted by molar-refractivity contribution is 6.33. The van der Waals surface area contributed by atoms with Crippen LogP contribution in [0.15, 0.2) is 18.3 Å². The van der Waals surface area contributed by atoms with E-state index in [2.05, 4.69) is 19.9 Å². The Morgan fingerprint density at radius 1 is 1.31 bits per heavy atom. The minimum absolute atomic E-state index is 0.342. The topological polar surface area (TPSA) is 77.8 Å². The third-order valence-electron chi connectivity index (χ3n) is 2.40. The predicted octanol–water partition coefficient (Wildman–Crippen LogP) is -1.16. The van der Waals surface area contributed by atoms with Gasteiger partial charge < -0.3 is 24.9 Å². The van der Waals surface area contributed by atoms with E-state index in [1.807, 2.05) is 6.07 Å². The Morgan fingerprint density at radius 2 is 2.06 bits per heavy atom. The van der Waals surface area contributed by atoms with Crippen LogP contribution in [-0.4, -0.2) is 48.5 Å². The molecule has 0 atom stereocenters. The molecule has 16 heavy (non-hydrogen) atoms. The van der Waals surface area contributed by atoms with E-state index in [0.29, 0.717) is 5.75 Å². The summed E-state index contributed by atoms with van der Waals surface area (Å²) in [7, 11) is -1.80. The second-order valence-electron chi connectivity index (χ2n) is 3.53. The van der Waals surface area contributed by atoms with Crippen molar-refractivity contribution >= 4 is 13.1 Å². The first-order valence-electron chi connectivity index (χ1n) is 5.20. The van der Waals surface area contributed by atoms with Crippen LogP contribution in [0.25, 0.3) is 0 Å². The molecular formula is C9H14BN3O3. The molecule has 6 nitrogen and oxygen atoms in total. The van der Waals surface area contributed by atoms with Gasteiger partial charge in [-0.2, -0.15) is 0 Å². The number of piperazine rings is 1. The molecule has 3 N–H and O–H groups in total. The molecule has 86 valence electrons. The van der Waals surface area contributed by atoms with E-state index in [-0.39, 0.29) is 0 Å². The molecule has 1 saturated heterocycles. The first kappa shape index (κ1) is 11.2. The van der Waals surface area contributed by atoms with Gasteiger partial charge in [0.2, 0.25) is 0 Å². The van der Waals surface area contributed by atoms with Crippen LogP contribution in [0.4, 0.5) is 5.82 Å². The lowest BCUT2D eigenvalue weighted by Gasteiger charge is -2.28. The summed E-state index contributed by atoms with van der Waals surface area (Å²) in [5.41, 5.74) is 0. The maximum absolute atomic E-state index is 8.61. The molecule has 1 aromatic rings. The molecule has 0 aliphatic carbocycles. The number of nitrogens with one attached hydrogen (secondary N) is 1. The molecule has 1 aliphatic heterocycles.